The Morgan fingerprint density at radius 3 is 2.33 bits per heavy atom. The summed E-state index contributed by atoms with van der Waals surface area (Å²) in [5, 5.41) is 0. The van der Waals surface area contributed by atoms with Crippen LogP contribution in [0, 0.1) is 5.82 Å². The Kier molecular flexibility index (Phi) is 3.42. The maximum Gasteiger partial charge on any atom is 0.321 e. The summed E-state index contributed by atoms with van der Waals surface area (Å²) in [4.78, 5) is 12.2. The number of hydrogen-bond donors (Lipinski definition) is 1. The summed E-state index contributed by atoms with van der Waals surface area (Å²) in [6.45, 7) is 0. The fraction of sp³-hybridized carbons (Fsp3) is 0. The number of nitrogens with zero attached hydrogens (tertiary/aromatic N) is 3. The molecule has 0 aliphatic carbocycles. The molecule has 0 unspecified atom stereocenters. The Bertz CT molecular complexity index is 744. The standard InChI is InChI=1S/C15H11FN4O/c16-12-2-1-3-13(6-12)21-15-19-8-11(9-20-15)10-4-5-14(17)18-7-10/h1-9H,(H2,17,18). The third-order valence-electron chi connectivity index (χ3n) is 2.75. The molecule has 0 bridgehead atoms. The molecule has 6 heteroatoms. The number of hydrogen-bond acceptors (Lipinski definition) is 5. The van der Waals surface area contributed by atoms with Gasteiger partial charge in [0.2, 0.25) is 0 Å². The molecule has 0 atom stereocenters. The predicted molar refractivity (Wildman–Crippen MR) is 76.1 cm³/mol. The van der Waals surface area contributed by atoms with Gasteiger partial charge in [-0.05, 0) is 24.3 Å². The second kappa shape index (κ2) is 5.54. The van der Waals surface area contributed by atoms with E-state index in [0.717, 1.165) is 11.1 Å². The fourth-order valence-electron chi connectivity index (χ4n) is 1.73. The first-order valence-electron chi connectivity index (χ1n) is 6.18. The van der Waals surface area contributed by atoms with Crippen LogP contribution in [0.3, 0.4) is 0 Å². The van der Waals surface area contributed by atoms with Crippen molar-refractivity contribution in [3.63, 3.8) is 0 Å². The first-order valence-corrected chi connectivity index (χ1v) is 6.18. The number of rotatable bonds is 3. The average molecular weight is 282 g/mol. The molecule has 2 heterocycles. The van der Waals surface area contributed by atoms with Crippen molar-refractivity contribution in [3.8, 4) is 22.9 Å². The van der Waals surface area contributed by atoms with Crippen molar-refractivity contribution in [3.05, 3.63) is 60.8 Å². The zero-order valence-corrected chi connectivity index (χ0v) is 10.9. The van der Waals surface area contributed by atoms with Gasteiger partial charge in [0, 0.05) is 35.8 Å². The zero-order chi connectivity index (χ0) is 14.7. The number of anilines is 1. The van der Waals surface area contributed by atoms with Crippen molar-refractivity contribution in [2.45, 2.75) is 0 Å². The lowest BCUT2D eigenvalue weighted by molar-refractivity contribution is 0.438. The van der Waals surface area contributed by atoms with Crippen LogP contribution in [0.5, 0.6) is 11.8 Å². The van der Waals surface area contributed by atoms with Gasteiger partial charge in [-0.1, -0.05) is 6.07 Å². The highest BCUT2D eigenvalue weighted by Crippen LogP contribution is 2.21. The largest absolute Gasteiger partial charge is 0.424 e. The third-order valence-corrected chi connectivity index (χ3v) is 2.75. The second-order valence-electron chi connectivity index (χ2n) is 4.29. The van der Waals surface area contributed by atoms with Crippen LogP contribution in [0.25, 0.3) is 11.1 Å². The highest BCUT2D eigenvalue weighted by atomic mass is 19.1. The SMILES string of the molecule is Nc1ccc(-c2cnc(Oc3cccc(F)c3)nc2)cn1. The van der Waals surface area contributed by atoms with Gasteiger partial charge in [-0.2, -0.15) is 0 Å². The highest BCUT2D eigenvalue weighted by Gasteiger charge is 2.04. The molecule has 3 aromatic rings. The molecule has 0 fully saturated rings. The molecule has 0 aliphatic heterocycles. The summed E-state index contributed by atoms with van der Waals surface area (Å²) in [5.74, 6) is 0.416. The molecule has 0 amide bonds. The van der Waals surface area contributed by atoms with E-state index in [0.29, 0.717) is 11.6 Å². The monoisotopic (exact) mass is 282 g/mol. The molecule has 104 valence electrons. The van der Waals surface area contributed by atoms with Crippen LogP contribution in [0.1, 0.15) is 0 Å². The molecule has 1 aromatic carbocycles. The summed E-state index contributed by atoms with van der Waals surface area (Å²) in [7, 11) is 0. The summed E-state index contributed by atoms with van der Waals surface area (Å²) >= 11 is 0. The van der Waals surface area contributed by atoms with Gasteiger partial charge in [-0.15, -0.1) is 0 Å². The molecule has 0 spiro atoms. The topological polar surface area (TPSA) is 73.9 Å². The van der Waals surface area contributed by atoms with E-state index in [-0.39, 0.29) is 11.8 Å². The Labute approximate surface area is 120 Å². The van der Waals surface area contributed by atoms with Crippen LogP contribution in [0.15, 0.2) is 55.0 Å². The maximum atomic E-state index is 13.0. The molecule has 0 radical (unpaired) electrons. The lowest BCUT2D eigenvalue weighted by atomic mass is 10.1. The van der Waals surface area contributed by atoms with E-state index in [2.05, 4.69) is 15.0 Å². The van der Waals surface area contributed by atoms with Gasteiger partial charge < -0.3 is 10.5 Å². The van der Waals surface area contributed by atoms with Crippen molar-refractivity contribution in [2.24, 2.45) is 0 Å². The van der Waals surface area contributed by atoms with Crippen LogP contribution in [0.4, 0.5) is 10.2 Å². The Morgan fingerprint density at radius 2 is 1.67 bits per heavy atom. The zero-order valence-electron chi connectivity index (χ0n) is 10.9. The van der Waals surface area contributed by atoms with E-state index in [1.165, 1.54) is 12.1 Å². The number of aromatic nitrogens is 3. The minimum atomic E-state index is -0.378. The summed E-state index contributed by atoms with van der Waals surface area (Å²) in [6, 6.07) is 9.46. The number of ether oxygens (including phenoxy) is 1. The molecule has 5 nitrogen and oxygen atoms in total. The second-order valence-corrected chi connectivity index (χ2v) is 4.29. The van der Waals surface area contributed by atoms with E-state index in [1.807, 2.05) is 6.07 Å². The van der Waals surface area contributed by atoms with Crippen molar-refractivity contribution in [1.29, 1.82) is 0 Å². The smallest absolute Gasteiger partial charge is 0.321 e. The molecule has 2 aromatic heterocycles. The summed E-state index contributed by atoms with van der Waals surface area (Å²) < 4.78 is 18.4. The molecular formula is C15H11FN4O. The van der Waals surface area contributed by atoms with Gasteiger partial charge >= 0.3 is 6.01 Å². The van der Waals surface area contributed by atoms with Gasteiger partial charge in [0.1, 0.15) is 17.4 Å². The van der Waals surface area contributed by atoms with Crippen LogP contribution in [-0.4, -0.2) is 15.0 Å². The predicted octanol–water partition coefficient (Wildman–Crippen LogP) is 3.05. The minimum Gasteiger partial charge on any atom is -0.424 e. The molecule has 21 heavy (non-hydrogen) atoms. The van der Waals surface area contributed by atoms with E-state index in [4.69, 9.17) is 10.5 Å². The first-order chi connectivity index (χ1) is 10.2. The highest BCUT2D eigenvalue weighted by molar-refractivity contribution is 5.61. The van der Waals surface area contributed by atoms with Crippen molar-refractivity contribution in [1.82, 2.24) is 15.0 Å². The maximum absolute atomic E-state index is 13.0. The van der Waals surface area contributed by atoms with E-state index in [9.17, 15) is 4.39 Å². The van der Waals surface area contributed by atoms with E-state index in [1.54, 1.807) is 36.8 Å². The Balaban J connectivity index is 1.79. The molecular weight excluding hydrogens is 271 g/mol. The third kappa shape index (κ3) is 3.11. The minimum absolute atomic E-state index is 0.146. The van der Waals surface area contributed by atoms with Gasteiger partial charge in [0.15, 0.2) is 0 Å². The lowest BCUT2D eigenvalue weighted by Gasteiger charge is -2.05. The van der Waals surface area contributed by atoms with Crippen LogP contribution >= 0.6 is 0 Å². The number of benzene rings is 1. The number of pyridine rings is 1. The molecule has 0 saturated heterocycles. The number of nitrogens with two attached hydrogens (primary N) is 1. The summed E-state index contributed by atoms with van der Waals surface area (Å²) in [6.07, 6.45) is 4.85. The van der Waals surface area contributed by atoms with E-state index < -0.39 is 0 Å². The molecule has 0 aliphatic rings. The van der Waals surface area contributed by atoms with Crippen LogP contribution < -0.4 is 10.5 Å². The molecule has 3 rings (SSSR count). The Morgan fingerprint density at radius 1 is 0.905 bits per heavy atom. The number of nitrogen functional groups attached to an aromatic ring is 1. The van der Waals surface area contributed by atoms with Gasteiger partial charge in [-0.25, -0.2) is 19.3 Å². The van der Waals surface area contributed by atoms with Gasteiger partial charge in [-0.3, -0.25) is 0 Å². The van der Waals surface area contributed by atoms with Crippen LogP contribution in [0.2, 0.25) is 0 Å². The van der Waals surface area contributed by atoms with E-state index >= 15 is 0 Å². The van der Waals surface area contributed by atoms with Crippen molar-refractivity contribution < 1.29 is 9.13 Å². The average Bonchev–Trinajstić information content (AvgIpc) is 2.49. The lowest BCUT2D eigenvalue weighted by Crippen LogP contribution is -1.93. The molecule has 0 saturated carbocycles. The van der Waals surface area contributed by atoms with Gasteiger partial charge in [0.25, 0.3) is 0 Å². The van der Waals surface area contributed by atoms with Crippen molar-refractivity contribution >= 4 is 5.82 Å². The Hall–Kier alpha value is -3.02. The fourth-order valence-corrected chi connectivity index (χ4v) is 1.73. The number of halogens is 1. The first kappa shape index (κ1) is 13.0. The summed E-state index contributed by atoms with van der Waals surface area (Å²) in [5.41, 5.74) is 7.17. The molecule has 2 N–H and O–H groups in total. The quantitative estimate of drug-likeness (QED) is 0.799. The van der Waals surface area contributed by atoms with Crippen LogP contribution in [-0.2, 0) is 0 Å². The van der Waals surface area contributed by atoms with Gasteiger partial charge in [0.05, 0.1) is 0 Å². The normalized spacial score (nSPS) is 10.3. The van der Waals surface area contributed by atoms with Crippen molar-refractivity contribution in [2.75, 3.05) is 5.73 Å².